The highest BCUT2D eigenvalue weighted by molar-refractivity contribution is 6.00. The van der Waals surface area contributed by atoms with Crippen LogP contribution in [0.15, 0.2) is 54.6 Å². The van der Waals surface area contributed by atoms with Gasteiger partial charge in [0.25, 0.3) is 5.91 Å². The van der Waals surface area contributed by atoms with E-state index in [-0.39, 0.29) is 12.5 Å². The van der Waals surface area contributed by atoms with Gasteiger partial charge < -0.3 is 24.2 Å². The first kappa shape index (κ1) is 23.0. The molecule has 5 rings (SSSR count). The highest BCUT2D eigenvalue weighted by Gasteiger charge is 2.26. The van der Waals surface area contributed by atoms with Crippen LogP contribution in [0.5, 0.6) is 5.75 Å². The number of ether oxygens (including phenoxy) is 2. The molecule has 2 fully saturated rings. The van der Waals surface area contributed by atoms with Crippen LogP contribution >= 0.6 is 0 Å². The summed E-state index contributed by atoms with van der Waals surface area (Å²) in [4.78, 5) is 36.7. The largest absolute Gasteiger partial charge is 0.497 e. The molecule has 0 spiro atoms. The predicted molar refractivity (Wildman–Crippen MR) is 135 cm³/mol. The number of esters is 1. The fourth-order valence-corrected chi connectivity index (χ4v) is 4.73. The molecule has 2 saturated heterocycles. The number of piperazine rings is 1. The monoisotopic (exact) mass is 474 g/mol. The number of fused-ring (bicyclic) bond motifs is 1. The second-order valence-electron chi connectivity index (χ2n) is 8.89. The van der Waals surface area contributed by atoms with Crippen LogP contribution in [-0.4, -0.2) is 74.7 Å². The summed E-state index contributed by atoms with van der Waals surface area (Å²) < 4.78 is 10.7. The Labute approximate surface area is 205 Å². The minimum Gasteiger partial charge on any atom is -0.497 e. The molecule has 182 valence electrons. The van der Waals surface area contributed by atoms with E-state index in [2.05, 4.69) is 9.80 Å². The van der Waals surface area contributed by atoms with Gasteiger partial charge in [0.2, 0.25) is 0 Å². The topological polar surface area (TPSA) is 75.2 Å². The Morgan fingerprint density at radius 1 is 0.886 bits per heavy atom. The quantitative estimate of drug-likeness (QED) is 0.507. The maximum atomic E-state index is 13.1. The standard InChI is InChI=1S/C27H30N4O4/c1-34-22-10-8-21(9-11-22)29-14-16-30(17-15-29)25(32)19-35-27(33)23-18-20-6-2-3-7-24(20)28-26(23)31-12-4-5-13-31/h2-3,6-11,18H,4-5,12-17,19H2,1H3. The van der Waals surface area contributed by atoms with Crippen molar-refractivity contribution < 1.29 is 19.1 Å². The van der Waals surface area contributed by atoms with Crippen molar-refractivity contribution in [1.82, 2.24) is 9.88 Å². The molecule has 1 aromatic heterocycles. The van der Waals surface area contributed by atoms with E-state index in [9.17, 15) is 9.59 Å². The molecule has 0 bridgehead atoms. The smallest absolute Gasteiger partial charge is 0.342 e. The number of rotatable bonds is 6. The molecule has 0 atom stereocenters. The number of carbonyl (C=O) groups excluding carboxylic acids is 2. The van der Waals surface area contributed by atoms with Gasteiger partial charge in [-0.1, -0.05) is 18.2 Å². The summed E-state index contributed by atoms with van der Waals surface area (Å²) >= 11 is 0. The van der Waals surface area contributed by atoms with Crippen molar-refractivity contribution >= 4 is 34.3 Å². The summed E-state index contributed by atoms with van der Waals surface area (Å²) in [5.74, 6) is 0.783. The van der Waals surface area contributed by atoms with E-state index in [1.165, 1.54) is 0 Å². The number of benzene rings is 2. The molecule has 3 aromatic rings. The lowest BCUT2D eigenvalue weighted by molar-refractivity contribution is -0.134. The first-order valence-corrected chi connectivity index (χ1v) is 12.1. The summed E-state index contributed by atoms with van der Waals surface area (Å²) in [5.41, 5.74) is 2.36. The van der Waals surface area contributed by atoms with Gasteiger partial charge in [0.1, 0.15) is 17.1 Å². The Bertz CT molecular complexity index is 1200. The van der Waals surface area contributed by atoms with Gasteiger partial charge in [-0.05, 0) is 49.2 Å². The van der Waals surface area contributed by atoms with E-state index in [1.54, 1.807) is 12.0 Å². The number of aromatic nitrogens is 1. The number of amides is 1. The zero-order valence-electron chi connectivity index (χ0n) is 20.0. The van der Waals surface area contributed by atoms with E-state index in [0.29, 0.717) is 24.5 Å². The van der Waals surface area contributed by atoms with E-state index >= 15 is 0 Å². The van der Waals surface area contributed by atoms with Crippen molar-refractivity contribution in [3.8, 4) is 5.75 Å². The van der Waals surface area contributed by atoms with Crippen LogP contribution in [0.1, 0.15) is 23.2 Å². The molecule has 2 aliphatic rings. The minimum absolute atomic E-state index is 0.177. The Hall–Kier alpha value is -3.81. The lowest BCUT2D eigenvalue weighted by atomic mass is 10.1. The van der Waals surface area contributed by atoms with Gasteiger partial charge in [0.15, 0.2) is 6.61 Å². The number of methoxy groups -OCH3 is 1. The number of hydrogen-bond acceptors (Lipinski definition) is 7. The normalized spacial score (nSPS) is 16.0. The fraction of sp³-hybridized carbons (Fsp3) is 0.370. The number of anilines is 2. The Kier molecular flexibility index (Phi) is 6.70. The number of para-hydroxylation sites is 1. The minimum atomic E-state index is -0.504. The summed E-state index contributed by atoms with van der Waals surface area (Å²) in [6, 6.07) is 17.5. The predicted octanol–water partition coefficient (Wildman–Crippen LogP) is 3.35. The van der Waals surface area contributed by atoms with Gasteiger partial charge in [-0.15, -0.1) is 0 Å². The van der Waals surface area contributed by atoms with Crippen LogP contribution < -0.4 is 14.5 Å². The van der Waals surface area contributed by atoms with Gasteiger partial charge in [-0.2, -0.15) is 0 Å². The molecule has 0 unspecified atom stereocenters. The lowest BCUT2D eigenvalue weighted by Crippen LogP contribution is -2.49. The van der Waals surface area contributed by atoms with Crippen LogP contribution in [0.4, 0.5) is 11.5 Å². The molecule has 0 saturated carbocycles. The third-order valence-electron chi connectivity index (χ3n) is 6.73. The van der Waals surface area contributed by atoms with E-state index in [1.807, 2.05) is 54.6 Å². The first-order chi connectivity index (χ1) is 17.1. The highest BCUT2D eigenvalue weighted by atomic mass is 16.5. The van der Waals surface area contributed by atoms with Crippen molar-refractivity contribution in [1.29, 1.82) is 0 Å². The van der Waals surface area contributed by atoms with Crippen LogP contribution in [-0.2, 0) is 9.53 Å². The Morgan fingerprint density at radius 2 is 1.60 bits per heavy atom. The van der Waals surface area contributed by atoms with Crippen LogP contribution in [0.3, 0.4) is 0 Å². The molecule has 0 radical (unpaired) electrons. The van der Waals surface area contributed by atoms with Gasteiger partial charge in [-0.3, -0.25) is 4.79 Å². The zero-order chi connectivity index (χ0) is 24.2. The van der Waals surface area contributed by atoms with Gasteiger partial charge in [-0.25, -0.2) is 9.78 Å². The average Bonchev–Trinajstić information content (AvgIpc) is 3.46. The summed E-state index contributed by atoms with van der Waals surface area (Å²) in [6.07, 6.45) is 2.15. The maximum absolute atomic E-state index is 13.1. The highest BCUT2D eigenvalue weighted by Crippen LogP contribution is 2.27. The number of hydrogen-bond donors (Lipinski definition) is 0. The number of nitrogens with zero attached hydrogens (tertiary/aromatic N) is 4. The van der Waals surface area contributed by atoms with Crippen molar-refractivity contribution in [3.63, 3.8) is 0 Å². The number of pyridine rings is 1. The fourth-order valence-electron chi connectivity index (χ4n) is 4.73. The van der Waals surface area contributed by atoms with Crippen molar-refractivity contribution in [2.45, 2.75) is 12.8 Å². The van der Waals surface area contributed by atoms with Crippen LogP contribution in [0.2, 0.25) is 0 Å². The molecule has 0 N–H and O–H groups in total. The Balaban J connectivity index is 1.21. The van der Waals surface area contributed by atoms with Crippen LogP contribution in [0, 0.1) is 0 Å². The molecule has 2 aromatic carbocycles. The molecule has 35 heavy (non-hydrogen) atoms. The summed E-state index contributed by atoms with van der Waals surface area (Å²) in [6.45, 7) is 4.07. The zero-order valence-corrected chi connectivity index (χ0v) is 20.0. The third-order valence-corrected chi connectivity index (χ3v) is 6.73. The molecule has 1 amide bonds. The van der Waals surface area contributed by atoms with Gasteiger partial charge in [0.05, 0.1) is 12.6 Å². The van der Waals surface area contributed by atoms with Crippen molar-refractivity contribution in [2.75, 3.05) is 62.8 Å². The van der Waals surface area contributed by atoms with Crippen LogP contribution in [0.25, 0.3) is 10.9 Å². The third kappa shape index (κ3) is 5.01. The summed E-state index contributed by atoms with van der Waals surface area (Å²) in [7, 11) is 1.65. The van der Waals surface area contributed by atoms with E-state index in [0.717, 1.165) is 61.4 Å². The Morgan fingerprint density at radius 3 is 2.31 bits per heavy atom. The molecule has 3 heterocycles. The van der Waals surface area contributed by atoms with Gasteiger partial charge >= 0.3 is 5.97 Å². The molecule has 2 aliphatic heterocycles. The SMILES string of the molecule is COc1ccc(N2CCN(C(=O)COC(=O)c3cc4ccccc4nc3N3CCCC3)CC2)cc1. The molecule has 8 nitrogen and oxygen atoms in total. The maximum Gasteiger partial charge on any atom is 0.342 e. The molecule has 0 aliphatic carbocycles. The second kappa shape index (κ2) is 10.2. The number of carbonyl (C=O) groups is 2. The molecular formula is C27H30N4O4. The first-order valence-electron chi connectivity index (χ1n) is 12.1. The van der Waals surface area contributed by atoms with E-state index < -0.39 is 5.97 Å². The van der Waals surface area contributed by atoms with E-state index in [4.69, 9.17) is 14.5 Å². The molecule has 8 heteroatoms. The lowest BCUT2D eigenvalue weighted by Gasteiger charge is -2.36. The average molecular weight is 475 g/mol. The van der Waals surface area contributed by atoms with Crippen molar-refractivity contribution in [3.05, 3.63) is 60.2 Å². The van der Waals surface area contributed by atoms with Crippen molar-refractivity contribution in [2.24, 2.45) is 0 Å². The molecular weight excluding hydrogens is 444 g/mol. The second-order valence-corrected chi connectivity index (χ2v) is 8.89. The summed E-state index contributed by atoms with van der Waals surface area (Å²) in [5, 5.41) is 0.878. The van der Waals surface area contributed by atoms with Gasteiger partial charge in [0, 0.05) is 50.3 Å².